The van der Waals surface area contributed by atoms with Crippen LogP contribution in [0.2, 0.25) is 0 Å². The highest BCUT2D eigenvalue weighted by Gasteiger charge is 2.10. The molecule has 19 heavy (non-hydrogen) atoms. The van der Waals surface area contributed by atoms with Crippen molar-refractivity contribution in [2.75, 3.05) is 11.9 Å². The quantitative estimate of drug-likeness (QED) is 0.634. The summed E-state index contributed by atoms with van der Waals surface area (Å²) in [5.41, 5.74) is 1.13. The standard InChI is InChI=1S/C15H21NO3/c1-15(2,3)19-10-4-5-14(18)16-13-8-6-12(11-17)7-9-13/h6-9,11H,4-5,10H2,1-3H3,(H,16,18). The number of anilines is 1. The van der Waals surface area contributed by atoms with Crippen molar-refractivity contribution in [1.29, 1.82) is 0 Å². The van der Waals surface area contributed by atoms with E-state index < -0.39 is 0 Å². The van der Waals surface area contributed by atoms with Gasteiger partial charge in [-0.25, -0.2) is 0 Å². The average Bonchev–Trinajstić information content (AvgIpc) is 2.34. The van der Waals surface area contributed by atoms with Gasteiger partial charge in [0.05, 0.1) is 5.60 Å². The predicted molar refractivity (Wildman–Crippen MR) is 75.4 cm³/mol. The smallest absolute Gasteiger partial charge is 0.224 e. The average molecular weight is 263 g/mol. The molecule has 1 aromatic carbocycles. The SMILES string of the molecule is CC(C)(C)OCCCC(=O)Nc1ccc(C=O)cc1. The van der Waals surface area contributed by atoms with Crippen molar-refractivity contribution in [2.45, 2.75) is 39.2 Å². The largest absolute Gasteiger partial charge is 0.376 e. The van der Waals surface area contributed by atoms with Crippen molar-refractivity contribution in [3.05, 3.63) is 29.8 Å². The van der Waals surface area contributed by atoms with Gasteiger partial charge in [0.1, 0.15) is 6.29 Å². The maximum Gasteiger partial charge on any atom is 0.224 e. The van der Waals surface area contributed by atoms with Crippen molar-refractivity contribution < 1.29 is 14.3 Å². The van der Waals surface area contributed by atoms with Crippen LogP contribution in [0.5, 0.6) is 0 Å². The van der Waals surface area contributed by atoms with Gasteiger partial charge in [-0.15, -0.1) is 0 Å². The zero-order valence-electron chi connectivity index (χ0n) is 11.7. The molecule has 1 amide bonds. The Morgan fingerprint density at radius 2 is 1.89 bits per heavy atom. The summed E-state index contributed by atoms with van der Waals surface area (Å²) in [7, 11) is 0. The fourth-order valence-electron chi connectivity index (χ4n) is 1.48. The van der Waals surface area contributed by atoms with Gasteiger partial charge >= 0.3 is 0 Å². The highest BCUT2D eigenvalue weighted by Crippen LogP contribution is 2.10. The number of nitrogens with one attached hydrogen (secondary N) is 1. The summed E-state index contributed by atoms with van der Waals surface area (Å²) < 4.78 is 5.54. The van der Waals surface area contributed by atoms with Crippen molar-refractivity contribution in [3.63, 3.8) is 0 Å². The van der Waals surface area contributed by atoms with Gasteiger partial charge in [-0.2, -0.15) is 0 Å². The molecule has 0 aliphatic carbocycles. The zero-order chi connectivity index (χ0) is 14.3. The Hall–Kier alpha value is -1.68. The van der Waals surface area contributed by atoms with Crippen LogP contribution in [-0.4, -0.2) is 24.4 Å². The fourth-order valence-corrected chi connectivity index (χ4v) is 1.48. The second-order valence-electron chi connectivity index (χ2n) is 5.35. The first kappa shape index (κ1) is 15.4. The normalized spacial score (nSPS) is 11.1. The van der Waals surface area contributed by atoms with E-state index in [9.17, 15) is 9.59 Å². The van der Waals surface area contributed by atoms with E-state index in [1.54, 1.807) is 24.3 Å². The summed E-state index contributed by atoms with van der Waals surface area (Å²) in [5, 5.41) is 2.78. The second kappa shape index (κ2) is 7.04. The van der Waals surface area contributed by atoms with Crippen LogP contribution in [0.1, 0.15) is 44.0 Å². The lowest BCUT2D eigenvalue weighted by Gasteiger charge is -2.19. The van der Waals surface area contributed by atoms with E-state index in [1.165, 1.54) is 0 Å². The lowest BCUT2D eigenvalue weighted by atomic mass is 10.2. The Labute approximate surface area is 114 Å². The summed E-state index contributed by atoms with van der Waals surface area (Å²) in [6.45, 7) is 6.53. The number of ether oxygens (including phenoxy) is 1. The van der Waals surface area contributed by atoms with E-state index in [4.69, 9.17) is 4.74 Å². The molecule has 0 saturated carbocycles. The maximum atomic E-state index is 11.7. The van der Waals surface area contributed by atoms with E-state index in [0.29, 0.717) is 30.7 Å². The molecule has 4 heteroatoms. The summed E-state index contributed by atoms with van der Waals surface area (Å²) in [5.74, 6) is -0.0450. The molecule has 104 valence electrons. The lowest BCUT2D eigenvalue weighted by molar-refractivity contribution is -0.116. The van der Waals surface area contributed by atoms with Crippen LogP contribution in [0, 0.1) is 0 Å². The maximum absolute atomic E-state index is 11.7. The number of benzene rings is 1. The van der Waals surface area contributed by atoms with Crippen LogP contribution in [0.3, 0.4) is 0 Å². The molecular weight excluding hydrogens is 242 g/mol. The molecule has 0 heterocycles. The molecule has 0 aromatic heterocycles. The molecule has 0 saturated heterocycles. The minimum atomic E-state index is -0.166. The molecule has 0 fully saturated rings. The molecule has 0 spiro atoms. The molecule has 1 aromatic rings. The van der Waals surface area contributed by atoms with Gasteiger partial charge in [0.2, 0.25) is 5.91 Å². The Bertz CT molecular complexity index is 418. The van der Waals surface area contributed by atoms with Crippen LogP contribution in [-0.2, 0) is 9.53 Å². The summed E-state index contributed by atoms with van der Waals surface area (Å²) in [6, 6.07) is 6.78. The van der Waals surface area contributed by atoms with Crippen LogP contribution in [0.25, 0.3) is 0 Å². The Balaban J connectivity index is 2.28. The molecule has 0 bridgehead atoms. The number of carbonyl (C=O) groups excluding carboxylic acids is 2. The number of hydrogen-bond acceptors (Lipinski definition) is 3. The van der Waals surface area contributed by atoms with Gasteiger partial charge in [0.25, 0.3) is 0 Å². The zero-order valence-corrected chi connectivity index (χ0v) is 11.7. The van der Waals surface area contributed by atoms with E-state index in [-0.39, 0.29) is 11.5 Å². The monoisotopic (exact) mass is 263 g/mol. The lowest BCUT2D eigenvalue weighted by Crippen LogP contribution is -2.20. The van der Waals surface area contributed by atoms with Crippen LogP contribution >= 0.6 is 0 Å². The Morgan fingerprint density at radius 3 is 2.42 bits per heavy atom. The first-order valence-corrected chi connectivity index (χ1v) is 6.40. The number of amides is 1. The van der Waals surface area contributed by atoms with Gasteiger partial charge in [0.15, 0.2) is 0 Å². The molecule has 1 rings (SSSR count). The van der Waals surface area contributed by atoms with Gasteiger partial charge in [-0.05, 0) is 51.5 Å². The molecular formula is C15H21NO3. The van der Waals surface area contributed by atoms with E-state index in [0.717, 1.165) is 6.29 Å². The third-order valence-corrected chi connectivity index (χ3v) is 2.41. The molecule has 4 nitrogen and oxygen atoms in total. The van der Waals surface area contributed by atoms with E-state index in [2.05, 4.69) is 5.32 Å². The third kappa shape index (κ3) is 6.72. The molecule has 1 N–H and O–H groups in total. The number of carbonyl (C=O) groups is 2. The van der Waals surface area contributed by atoms with Crippen LogP contribution in [0.4, 0.5) is 5.69 Å². The summed E-state index contributed by atoms with van der Waals surface area (Å²) in [4.78, 5) is 22.1. The van der Waals surface area contributed by atoms with Crippen LogP contribution in [0.15, 0.2) is 24.3 Å². The highest BCUT2D eigenvalue weighted by atomic mass is 16.5. The minimum absolute atomic E-state index is 0.0450. The third-order valence-electron chi connectivity index (χ3n) is 2.41. The Kier molecular flexibility index (Phi) is 5.70. The molecule has 0 aliphatic rings. The Morgan fingerprint density at radius 1 is 1.26 bits per heavy atom. The molecule has 0 radical (unpaired) electrons. The van der Waals surface area contributed by atoms with Crippen molar-refractivity contribution >= 4 is 17.9 Å². The predicted octanol–water partition coefficient (Wildman–Crippen LogP) is 3.03. The van der Waals surface area contributed by atoms with Gasteiger partial charge < -0.3 is 10.1 Å². The van der Waals surface area contributed by atoms with E-state index >= 15 is 0 Å². The summed E-state index contributed by atoms with van der Waals surface area (Å²) >= 11 is 0. The van der Waals surface area contributed by atoms with Crippen molar-refractivity contribution in [2.24, 2.45) is 0 Å². The van der Waals surface area contributed by atoms with Gasteiger partial charge in [0, 0.05) is 24.3 Å². The van der Waals surface area contributed by atoms with Crippen molar-refractivity contribution in [1.82, 2.24) is 0 Å². The molecule has 0 aliphatic heterocycles. The number of aldehydes is 1. The van der Waals surface area contributed by atoms with E-state index in [1.807, 2.05) is 20.8 Å². The molecule has 0 atom stereocenters. The highest BCUT2D eigenvalue weighted by molar-refractivity contribution is 5.91. The first-order chi connectivity index (χ1) is 8.90. The van der Waals surface area contributed by atoms with Gasteiger partial charge in [-0.3, -0.25) is 9.59 Å². The second-order valence-corrected chi connectivity index (χ2v) is 5.35. The minimum Gasteiger partial charge on any atom is -0.376 e. The summed E-state index contributed by atoms with van der Waals surface area (Å²) in [6.07, 6.45) is 1.89. The van der Waals surface area contributed by atoms with Gasteiger partial charge in [-0.1, -0.05) is 0 Å². The van der Waals surface area contributed by atoms with Crippen molar-refractivity contribution in [3.8, 4) is 0 Å². The van der Waals surface area contributed by atoms with Crippen LogP contribution < -0.4 is 5.32 Å². The topological polar surface area (TPSA) is 55.4 Å². The molecule has 0 unspecified atom stereocenters. The number of rotatable bonds is 6. The first-order valence-electron chi connectivity index (χ1n) is 6.40. The number of hydrogen-bond donors (Lipinski definition) is 1. The fraction of sp³-hybridized carbons (Fsp3) is 0.467.